The van der Waals surface area contributed by atoms with Crippen molar-refractivity contribution in [3.63, 3.8) is 0 Å². The van der Waals surface area contributed by atoms with Crippen LogP contribution in [-0.4, -0.2) is 42.9 Å². The monoisotopic (exact) mass is 629 g/mol. The van der Waals surface area contributed by atoms with Crippen LogP contribution >= 0.6 is 15.9 Å². The number of carbonyl (C=O) groups is 2. The molecule has 3 heterocycles. The van der Waals surface area contributed by atoms with Crippen LogP contribution < -0.4 is 4.43 Å². The maximum atomic E-state index is 14.2. The van der Waals surface area contributed by atoms with E-state index in [9.17, 15) is 14.0 Å². The molecule has 2 aromatic heterocycles. The molecule has 0 fully saturated rings. The van der Waals surface area contributed by atoms with Gasteiger partial charge in [-0.2, -0.15) is 0 Å². The average Bonchev–Trinajstić information content (AvgIpc) is 3.26. The lowest BCUT2D eigenvalue weighted by Crippen LogP contribution is -2.57. The van der Waals surface area contributed by atoms with Gasteiger partial charge in [0.25, 0.3) is 11.8 Å². The first-order valence-electron chi connectivity index (χ1n) is 13.0. The zero-order valence-corrected chi connectivity index (χ0v) is 27.9. The third kappa shape index (κ3) is 4.95. The molecule has 2 amide bonds. The molecule has 0 aliphatic carbocycles. The molecule has 0 bridgehead atoms. The predicted molar refractivity (Wildman–Crippen MR) is 164 cm³/mol. The van der Waals surface area contributed by atoms with Crippen LogP contribution in [0.1, 0.15) is 47.1 Å². The van der Waals surface area contributed by atoms with E-state index in [1.807, 2.05) is 31.3 Å². The molecule has 39 heavy (non-hydrogen) atoms. The molecule has 0 saturated heterocycles. The van der Waals surface area contributed by atoms with Gasteiger partial charge in [-0.3, -0.25) is 14.6 Å². The first-order chi connectivity index (χ1) is 17.8. The van der Waals surface area contributed by atoms with Gasteiger partial charge in [0.1, 0.15) is 11.6 Å². The number of hydrogen-bond donors (Lipinski definition) is 1. The summed E-state index contributed by atoms with van der Waals surface area (Å²) in [5.41, 5.74) is 2.60. The van der Waals surface area contributed by atoms with E-state index >= 15 is 0 Å². The smallest absolute Gasteiger partial charge is 0.260 e. The van der Waals surface area contributed by atoms with Crippen molar-refractivity contribution < 1.29 is 18.4 Å². The van der Waals surface area contributed by atoms with Gasteiger partial charge in [-0.05, 0) is 69.4 Å². The summed E-state index contributed by atoms with van der Waals surface area (Å²) >= 11 is 3.50. The van der Waals surface area contributed by atoms with Crippen molar-refractivity contribution in [1.29, 1.82) is 0 Å². The topological polar surface area (TPSA) is 75.3 Å². The normalized spacial score (nSPS) is 15.6. The zero-order chi connectivity index (χ0) is 29.3. The number of nitrogens with zero attached hydrogens (tertiary/aromatic N) is 2. The second-order valence-corrected chi connectivity index (χ2v) is 23.8. The number of nitrogens with one attached hydrogen (secondary N) is 1. The Morgan fingerprint density at radius 1 is 0.949 bits per heavy atom. The fraction of sp³-hybridized carbons (Fsp3) is 0.414. The van der Waals surface area contributed by atoms with E-state index in [2.05, 4.69) is 80.5 Å². The van der Waals surface area contributed by atoms with E-state index in [-0.39, 0.29) is 31.9 Å². The maximum absolute atomic E-state index is 14.2. The van der Waals surface area contributed by atoms with Gasteiger partial charge in [-0.15, -0.1) is 0 Å². The van der Waals surface area contributed by atoms with Crippen LogP contribution in [0.5, 0.6) is 5.75 Å². The van der Waals surface area contributed by atoms with Crippen LogP contribution in [0.2, 0.25) is 36.3 Å². The summed E-state index contributed by atoms with van der Waals surface area (Å²) in [6.45, 7) is 21.2. The second kappa shape index (κ2) is 9.52. The lowest BCUT2D eigenvalue weighted by molar-refractivity contribution is -0.131. The minimum Gasteiger partial charge on any atom is -0.543 e. The number of pyridine rings is 1. The van der Waals surface area contributed by atoms with Crippen LogP contribution in [0, 0.1) is 5.82 Å². The SMILES string of the molecule is CC(C)(C)[Si](C)(C)Oc1ccc2[nH]c(-c3ccc(F)cn3)c(C3=C(Br)C(=O)N([Si](C)(C)C(C)(C)C)C3=O)c2c1. The number of aromatic amines is 1. The van der Waals surface area contributed by atoms with E-state index in [0.717, 1.165) is 17.1 Å². The van der Waals surface area contributed by atoms with Crippen molar-refractivity contribution in [3.8, 4) is 17.1 Å². The summed E-state index contributed by atoms with van der Waals surface area (Å²) in [7, 11) is -4.71. The molecular formula is C29H37BrFN3O3Si2. The number of imide groups is 1. The van der Waals surface area contributed by atoms with Crippen LogP contribution in [0.3, 0.4) is 0 Å². The van der Waals surface area contributed by atoms with Crippen molar-refractivity contribution in [3.05, 3.63) is 52.4 Å². The molecular weight excluding hydrogens is 593 g/mol. The summed E-state index contributed by atoms with van der Waals surface area (Å²) in [4.78, 5) is 35.5. The summed E-state index contributed by atoms with van der Waals surface area (Å²) in [6.07, 6.45) is 1.14. The second-order valence-electron chi connectivity index (χ2n) is 13.3. The third-order valence-corrected chi connectivity index (χ3v) is 18.9. The number of aromatic nitrogens is 2. The number of carbonyl (C=O) groups excluding carboxylic acids is 2. The van der Waals surface area contributed by atoms with Crippen LogP contribution in [0.15, 0.2) is 41.0 Å². The molecule has 1 aliphatic rings. The van der Waals surface area contributed by atoms with E-state index in [1.54, 1.807) is 6.07 Å². The number of amides is 2. The van der Waals surface area contributed by atoms with E-state index in [1.165, 1.54) is 10.6 Å². The van der Waals surface area contributed by atoms with E-state index in [0.29, 0.717) is 22.7 Å². The van der Waals surface area contributed by atoms with Gasteiger partial charge in [0.05, 0.1) is 27.6 Å². The van der Waals surface area contributed by atoms with Gasteiger partial charge in [-0.1, -0.05) is 54.6 Å². The first kappa shape index (κ1) is 29.4. The Labute approximate surface area is 240 Å². The molecule has 1 aromatic carbocycles. The fourth-order valence-electron chi connectivity index (χ4n) is 4.22. The Bertz CT molecular complexity index is 1510. The Hall–Kier alpha value is -2.57. The molecule has 0 radical (unpaired) electrons. The first-order valence-corrected chi connectivity index (χ1v) is 19.7. The highest BCUT2D eigenvalue weighted by Gasteiger charge is 2.52. The van der Waals surface area contributed by atoms with Crippen molar-refractivity contribution in [1.82, 2.24) is 14.5 Å². The molecule has 10 heteroatoms. The molecule has 1 aliphatic heterocycles. The van der Waals surface area contributed by atoms with Gasteiger partial charge in [0, 0.05) is 16.5 Å². The number of rotatable bonds is 5. The Balaban J connectivity index is 1.98. The summed E-state index contributed by atoms with van der Waals surface area (Å²) in [6, 6.07) is 8.65. The summed E-state index contributed by atoms with van der Waals surface area (Å²) in [5, 5.41) is 0.486. The molecule has 4 rings (SSSR count). The largest absolute Gasteiger partial charge is 0.543 e. The third-order valence-electron chi connectivity index (χ3n) is 8.60. The maximum Gasteiger partial charge on any atom is 0.260 e. The fourth-order valence-corrected chi connectivity index (χ4v) is 7.86. The van der Waals surface area contributed by atoms with Crippen LogP contribution in [-0.2, 0) is 9.59 Å². The van der Waals surface area contributed by atoms with Crippen molar-refractivity contribution in [2.75, 3.05) is 0 Å². The highest BCUT2D eigenvalue weighted by Crippen LogP contribution is 2.48. The molecule has 0 saturated carbocycles. The van der Waals surface area contributed by atoms with E-state index in [4.69, 9.17) is 4.43 Å². The highest BCUT2D eigenvalue weighted by molar-refractivity contribution is 9.12. The molecule has 3 aromatic rings. The summed E-state index contributed by atoms with van der Waals surface area (Å²) < 4.78 is 22.1. The number of hydrogen-bond acceptors (Lipinski definition) is 4. The quantitative estimate of drug-likeness (QED) is 0.228. The lowest BCUT2D eigenvalue weighted by Gasteiger charge is -2.42. The average molecular weight is 631 g/mol. The Morgan fingerprint density at radius 3 is 2.13 bits per heavy atom. The molecule has 0 atom stereocenters. The Kier molecular flexibility index (Phi) is 7.18. The molecule has 1 N–H and O–H groups in total. The number of halogens is 2. The molecule has 0 unspecified atom stereocenters. The number of benzene rings is 1. The van der Waals surface area contributed by atoms with Gasteiger partial charge in [0.2, 0.25) is 8.32 Å². The van der Waals surface area contributed by atoms with Gasteiger partial charge in [-0.25, -0.2) is 4.39 Å². The van der Waals surface area contributed by atoms with Gasteiger partial charge in [0.15, 0.2) is 8.24 Å². The summed E-state index contributed by atoms with van der Waals surface area (Å²) in [5.74, 6) is -0.429. The zero-order valence-electron chi connectivity index (χ0n) is 24.3. The molecule has 6 nitrogen and oxygen atoms in total. The van der Waals surface area contributed by atoms with Crippen LogP contribution in [0.4, 0.5) is 4.39 Å². The van der Waals surface area contributed by atoms with Crippen molar-refractivity contribution in [2.24, 2.45) is 0 Å². The molecule has 0 spiro atoms. The van der Waals surface area contributed by atoms with Crippen LogP contribution in [0.25, 0.3) is 27.9 Å². The number of H-pyrrole nitrogens is 1. The van der Waals surface area contributed by atoms with Crippen molar-refractivity contribution in [2.45, 2.75) is 77.8 Å². The Morgan fingerprint density at radius 2 is 1.59 bits per heavy atom. The van der Waals surface area contributed by atoms with Crippen molar-refractivity contribution >= 4 is 60.8 Å². The minimum atomic E-state index is -2.56. The van der Waals surface area contributed by atoms with E-state index < -0.39 is 22.4 Å². The highest BCUT2D eigenvalue weighted by atomic mass is 79.9. The predicted octanol–water partition coefficient (Wildman–Crippen LogP) is 8.23. The van der Waals surface area contributed by atoms with Gasteiger partial charge >= 0.3 is 0 Å². The minimum absolute atomic E-state index is 0.00478. The molecule has 208 valence electrons. The number of fused-ring (bicyclic) bond motifs is 1. The van der Waals surface area contributed by atoms with Gasteiger partial charge < -0.3 is 14.0 Å². The lowest BCUT2D eigenvalue weighted by atomic mass is 10.00. The standard InChI is InChI=1S/C29H37BrFN3O3Si2/c1-28(2,3)38(7,8)34-26(35)23(24(30)27(34)36)22-19-15-18(37-39(9,10)29(4,5)6)12-14-20(19)33-25(22)21-13-11-17(31)16-32-21/h11-16,33H,1-10H3.